The van der Waals surface area contributed by atoms with E-state index in [2.05, 4.69) is 0 Å². The summed E-state index contributed by atoms with van der Waals surface area (Å²) in [5.41, 5.74) is -0.979. The predicted octanol–water partition coefficient (Wildman–Crippen LogP) is 1.93. The lowest BCUT2D eigenvalue weighted by molar-refractivity contribution is 0.0345. The van der Waals surface area contributed by atoms with E-state index in [1.165, 1.54) is 12.1 Å². The van der Waals surface area contributed by atoms with Crippen molar-refractivity contribution in [2.24, 2.45) is 5.41 Å². The van der Waals surface area contributed by atoms with Gasteiger partial charge < -0.3 is 14.9 Å². The van der Waals surface area contributed by atoms with Gasteiger partial charge in [0.05, 0.1) is 40.8 Å². The lowest BCUT2D eigenvalue weighted by Crippen LogP contribution is -2.38. The Bertz CT molecular complexity index is 483. The van der Waals surface area contributed by atoms with E-state index in [1.54, 1.807) is 0 Å². The van der Waals surface area contributed by atoms with Gasteiger partial charge in [0.1, 0.15) is 5.75 Å². The van der Waals surface area contributed by atoms with Crippen LogP contribution in [0.5, 0.6) is 5.75 Å². The summed E-state index contributed by atoms with van der Waals surface area (Å²) in [7, 11) is 0. The molecule has 0 aliphatic carbocycles. The van der Waals surface area contributed by atoms with E-state index < -0.39 is 18.6 Å². The van der Waals surface area contributed by atoms with Crippen LogP contribution in [-0.4, -0.2) is 35.8 Å². The summed E-state index contributed by atoms with van der Waals surface area (Å²) >= 11 is 11.7. The largest absolute Gasteiger partial charge is 0.493 e. The van der Waals surface area contributed by atoms with Crippen LogP contribution in [0.3, 0.4) is 0 Å². The van der Waals surface area contributed by atoms with Crippen LogP contribution in [0.1, 0.15) is 16.8 Å². The second kappa shape index (κ2) is 5.05. The lowest BCUT2D eigenvalue weighted by atomic mass is 9.79. The standard InChI is InChI=1S/C12H12Cl2O4/c13-8-3-7-10(4-9(8)14)18-2-1-12(5-15,6-16)11(7)17/h3-4,15-16H,1-2,5-6H2. The number of benzene rings is 1. The highest BCUT2D eigenvalue weighted by Gasteiger charge is 2.41. The summed E-state index contributed by atoms with van der Waals surface area (Å²) in [6.45, 7) is -0.658. The average Bonchev–Trinajstić information content (AvgIpc) is 2.50. The molecule has 0 aromatic heterocycles. The number of Topliss-reactive ketones (excluding diaryl/α,β-unsaturated/α-hetero) is 1. The molecule has 0 saturated carbocycles. The van der Waals surface area contributed by atoms with Gasteiger partial charge in [0.15, 0.2) is 5.78 Å². The highest BCUT2D eigenvalue weighted by Crippen LogP contribution is 2.38. The summed E-state index contributed by atoms with van der Waals surface area (Å²) in [5, 5.41) is 19.3. The Morgan fingerprint density at radius 1 is 1.22 bits per heavy atom. The van der Waals surface area contributed by atoms with Crippen molar-refractivity contribution >= 4 is 29.0 Å². The van der Waals surface area contributed by atoms with Crippen LogP contribution in [0.25, 0.3) is 0 Å². The Balaban J connectivity index is 2.56. The molecular formula is C12H12Cl2O4. The molecule has 0 unspecified atom stereocenters. The molecule has 1 aliphatic rings. The van der Waals surface area contributed by atoms with E-state index >= 15 is 0 Å². The highest BCUT2D eigenvalue weighted by molar-refractivity contribution is 6.42. The van der Waals surface area contributed by atoms with Crippen molar-refractivity contribution in [2.45, 2.75) is 6.42 Å². The van der Waals surface area contributed by atoms with Crippen molar-refractivity contribution in [1.29, 1.82) is 0 Å². The molecule has 0 spiro atoms. The number of rotatable bonds is 2. The van der Waals surface area contributed by atoms with E-state index in [9.17, 15) is 15.0 Å². The second-order valence-electron chi connectivity index (χ2n) is 4.29. The van der Waals surface area contributed by atoms with E-state index in [0.717, 1.165) is 0 Å². The molecule has 0 radical (unpaired) electrons. The first kappa shape index (κ1) is 13.6. The van der Waals surface area contributed by atoms with Gasteiger partial charge in [-0.1, -0.05) is 23.2 Å². The highest BCUT2D eigenvalue weighted by atomic mass is 35.5. The van der Waals surface area contributed by atoms with Crippen LogP contribution < -0.4 is 4.74 Å². The zero-order valence-corrected chi connectivity index (χ0v) is 11.0. The third kappa shape index (κ3) is 2.10. The molecule has 6 heteroatoms. The fraction of sp³-hybridized carbons (Fsp3) is 0.417. The normalized spacial score (nSPS) is 17.9. The van der Waals surface area contributed by atoms with Crippen LogP contribution in [0.4, 0.5) is 0 Å². The second-order valence-corrected chi connectivity index (χ2v) is 5.10. The maximum Gasteiger partial charge on any atom is 0.177 e. The number of carbonyl (C=O) groups is 1. The molecular weight excluding hydrogens is 279 g/mol. The quantitative estimate of drug-likeness (QED) is 0.873. The van der Waals surface area contributed by atoms with Crippen molar-refractivity contribution in [2.75, 3.05) is 19.8 Å². The number of ether oxygens (including phenoxy) is 1. The molecule has 1 aromatic carbocycles. The van der Waals surface area contributed by atoms with Crippen molar-refractivity contribution in [3.05, 3.63) is 27.7 Å². The molecule has 0 amide bonds. The number of aliphatic hydroxyl groups is 2. The van der Waals surface area contributed by atoms with Crippen LogP contribution in [0.15, 0.2) is 12.1 Å². The van der Waals surface area contributed by atoms with Crippen LogP contribution >= 0.6 is 23.2 Å². The van der Waals surface area contributed by atoms with Crippen molar-refractivity contribution in [3.8, 4) is 5.75 Å². The molecule has 1 aromatic rings. The number of halogens is 2. The summed E-state index contributed by atoms with van der Waals surface area (Å²) in [4.78, 5) is 12.4. The lowest BCUT2D eigenvalue weighted by Gasteiger charge is -2.25. The predicted molar refractivity (Wildman–Crippen MR) is 67.5 cm³/mol. The van der Waals surface area contributed by atoms with Crippen molar-refractivity contribution in [3.63, 3.8) is 0 Å². The van der Waals surface area contributed by atoms with Crippen LogP contribution in [0, 0.1) is 5.41 Å². The molecule has 18 heavy (non-hydrogen) atoms. The van der Waals surface area contributed by atoms with Gasteiger partial charge in [-0.15, -0.1) is 0 Å². The zero-order valence-electron chi connectivity index (χ0n) is 9.45. The topological polar surface area (TPSA) is 66.8 Å². The van der Waals surface area contributed by atoms with Crippen molar-refractivity contribution in [1.82, 2.24) is 0 Å². The number of hydrogen-bond acceptors (Lipinski definition) is 4. The molecule has 0 saturated heterocycles. The number of ketones is 1. The van der Waals surface area contributed by atoms with E-state index in [0.29, 0.717) is 10.8 Å². The first-order valence-corrected chi connectivity index (χ1v) is 6.18. The number of carbonyl (C=O) groups excluding carboxylic acids is 1. The summed E-state index contributed by atoms with van der Waals surface area (Å²) in [6, 6.07) is 2.88. The Hall–Kier alpha value is -0.810. The van der Waals surface area contributed by atoms with Gasteiger partial charge in [0.25, 0.3) is 0 Å². The van der Waals surface area contributed by atoms with Gasteiger partial charge in [-0.2, -0.15) is 0 Å². The maximum atomic E-state index is 12.4. The van der Waals surface area contributed by atoms with E-state index in [-0.39, 0.29) is 29.4 Å². The Morgan fingerprint density at radius 3 is 2.44 bits per heavy atom. The SMILES string of the molecule is O=C1c2cc(Cl)c(Cl)cc2OCCC1(CO)CO. The average molecular weight is 291 g/mol. The molecule has 1 heterocycles. The Morgan fingerprint density at radius 2 is 1.83 bits per heavy atom. The van der Waals surface area contributed by atoms with Crippen LogP contribution in [-0.2, 0) is 0 Å². The number of fused-ring (bicyclic) bond motifs is 1. The third-order valence-electron chi connectivity index (χ3n) is 3.19. The minimum Gasteiger partial charge on any atom is -0.493 e. The van der Waals surface area contributed by atoms with Gasteiger partial charge in [-0.25, -0.2) is 0 Å². The van der Waals surface area contributed by atoms with Gasteiger partial charge in [-0.05, 0) is 12.5 Å². The smallest absolute Gasteiger partial charge is 0.177 e. The van der Waals surface area contributed by atoms with Gasteiger partial charge >= 0.3 is 0 Å². The molecule has 0 atom stereocenters. The van der Waals surface area contributed by atoms with E-state index in [4.69, 9.17) is 27.9 Å². The molecule has 2 rings (SSSR count). The van der Waals surface area contributed by atoms with Gasteiger partial charge in [0, 0.05) is 6.07 Å². The summed E-state index contributed by atoms with van der Waals surface area (Å²) in [6.07, 6.45) is 0.239. The molecule has 4 nitrogen and oxygen atoms in total. The Kier molecular flexibility index (Phi) is 3.82. The van der Waals surface area contributed by atoms with Gasteiger partial charge in [0.2, 0.25) is 0 Å². The number of aliphatic hydroxyl groups excluding tert-OH is 2. The minimum absolute atomic E-state index is 0.220. The van der Waals surface area contributed by atoms with Crippen molar-refractivity contribution < 1.29 is 19.7 Å². The fourth-order valence-electron chi connectivity index (χ4n) is 1.93. The van der Waals surface area contributed by atoms with Gasteiger partial charge in [-0.3, -0.25) is 4.79 Å². The number of hydrogen-bond donors (Lipinski definition) is 2. The summed E-state index contributed by atoms with van der Waals surface area (Å²) < 4.78 is 5.43. The minimum atomic E-state index is -1.22. The maximum absolute atomic E-state index is 12.4. The van der Waals surface area contributed by atoms with Crippen LogP contribution in [0.2, 0.25) is 10.0 Å². The summed E-state index contributed by atoms with van der Waals surface area (Å²) in [5.74, 6) is -0.0447. The first-order valence-electron chi connectivity index (χ1n) is 5.42. The van der Waals surface area contributed by atoms with E-state index in [1.807, 2.05) is 0 Å². The monoisotopic (exact) mass is 290 g/mol. The molecule has 0 bridgehead atoms. The molecule has 2 N–H and O–H groups in total. The molecule has 0 fully saturated rings. The first-order chi connectivity index (χ1) is 8.54. The molecule has 1 aliphatic heterocycles. The third-order valence-corrected chi connectivity index (χ3v) is 3.91. The Labute approximate surface area is 114 Å². The zero-order chi connectivity index (χ0) is 13.3. The molecule has 98 valence electrons. The fourth-order valence-corrected chi connectivity index (χ4v) is 2.25.